The zero-order valence-corrected chi connectivity index (χ0v) is 29.5. The van der Waals surface area contributed by atoms with Gasteiger partial charge in [0.25, 0.3) is 5.91 Å². The second-order valence-corrected chi connectivity index (χ2v) is 15.0. The van der Waals surface area contributed by atoms with Gasteiger partial charge in [0.05, 0.1) is 50.3 Å². The van der Waals surface area contributed by atoms with Gasteiger partial charge in [0.2, 0.25) is 0 Å². The van der Waals surface area contributed by atoms with Crippen LogP contribution in [-0.2, 0) is 24.3 Å². The maximum Gasteiger partial charge on any atom is 0.418 e. The fraction of sp³-hybridized carbons (Fsp3) is 0.903. The number of likely N-dealkylation sites (tertiary alicyclic amines) is 1. The zero-order chi connectivity index (χ0) is 34.3. The van der Waals surface area contributed by atoms with E-state index in [1.807, 2.05) is 13.8 Å². The van der Waals surface area contributed by atoms with Crippen LogP contribution in [0.3, 0.4) is 0 Å². The highest BCUT2D eigenvalue weighted by Gasteiger charge is 2.53. The van der Waals surface area contributed by atoms with Crippen LogP contribution in [0.4, 0.5) is 9.59 Å². The fourth-order valence-electron chi connectivity index (χ4n) is 7.39. The molecule has 0 aromatic rings. The number of rotatable bonds is 20. The van der Waals surface area contributed by atoms with Gasteiger partial charge in [-0.15, -0.1) is 4.28 Å². The Kier molecular flexibility index (Phi) is 13.5. The predicted molar refractivity (Wildman–Crippen MR) is 172 cm³/mol. The van der Waals surface area contributed by atoms with E-state index in [-0.39, 0.29) is 32.1 Å². The largest absolute Gasteiger partial charge is 0.465 e. The minimum Gasteiger partial charge on any atom is -0.465 e. The van der Waals surface area contributed by atoms with Crippen LogP contribution in [0.1, 0.15) is 112 Å². The van der Waals surface area contributed by atoms with Gasteiger partial charge in [-0.05, 0) is 52.4 Å². The van der Waals surface area contributed by atoms with Gasteiger partial charge in [0, 0.05) is 13.0 Å². The lowest BCUT2D eigenvalue weighted by Crippen LogP contribution is -2.65. The topological polar surface area (TPSA) is 157 Å². The highest BCUT2D eigenvalue weighted by molar-refractivity contribution is 7.80. The Labute approximate surface area is 275 Å². The van der Waals surface area contributed by atoms with Crippen molar-refractivity contribution in [1.29, 1.82) is 0 Å². The molecule has 46 heavy (non-hydrogen) atoms. The molecule has 266 valence electrons. The molecule has 4 amide bonds. The Bertz CT molecular complexity index is 1130. The molecule has 3 fully saturated rings. The van der Waals surface area contributed by atoms with Crippen LogP contribution >= 0.6 is 0 Å². The van der Waals surface area contributed by atoms with Crippen molar-refractivity contribution in [2.75, 3.05) is 39.3 Å². The van der Waals surface area contributed by atoms with E-state index in [9.17, 15) is 32.5 Å². The minimum atomic E-state index is -4.93. The van der Waals surface area contributed by atoms with Crippen molar-refractivity contribution in [3.8, 4) is 0 Å². The third-order valence-corrected chi connectivity index (χ3v) is 10.3. The number of amides is 4. The van der Waals surface area contributed by atoms with E-state index in [1.165, 1.54) is 14.9 Å². The molecule has 15 heteroatoms. The standard InChI is InChI=1S/C31H57N5O9S/c1-7-11-17-36(18-12-8-2,19-13-9-3)25(14-10-4)20-31(5,6)35(44-26-22-32(23-26)30(39)40)28(37)27-16-15-24-21-33(27)29(38)34(24)45-46(41,42)43/h24-27H,7-23H2,1-6H3,(H-,39,40,41,42,43)/p+1/t24-,25?,27+/m1/s1. The summed E-state index contributed by atoms with van der Waals surface area (Å²) in [7, 11) is -4.93. The number of nitrogens with zero attached hydrogens (tertiary/aromatic N) is 5. The Morgan fingerprint density at radius 3 is 2.02 bits per heavy atom. The Hall–Kier alpha value is -2.20. The predicted octanol–water partition coefficient (Wildman–Crippen LogP) is 4.67. The number of urea groups is 1. The molecule has 3 heterocycles. The average molecular weight is 677 g/mol. The number of fused-ring (bicyclic) bond motifs is 2. The molecular formula is C31H58N5O9S+. The van der Waals surface area contributed by atoms with E-state index < -0.39 is 52.2 Å². The van der Waals surface area contributed by atoms with Gasteiger partial charge in [0.15, 0.2) is 0 Å². The van der Waals surface area contributed by atoms with Crippen molar-refractivity contribution < 1.29 is 46.1 Å². The summed E-state index contributed by atoms with van der Waals surface area (Å²) in [6.45, 7) is 16.4. The lowest BCUT2D eigenvalue weighted by Gasteiger charge is -2.51. The number of hydroxylamine groups is 4. The van der Waals surface area contributed by atoms with E-state index in [0.717, 1.165) is 75.5 Å². The van der Waals surface area contributed by atoms with E-state index >= 15 is 0 Å². The molecule has 1 unspecified atom stereocenters. The van der Waals surface area contributed by atoms with Crippen molar-refractivity contribution in [2.45, 2.75) is 142 Å². The third-order valence-electron chi connectivity index (χ3n) is 9.91. The molecule has 2 N–H and O–H groups in total. The maximum atomic E-state index is 14.5. The monoisotopic (exact) mass is 676 g/mol. The van der Waals surface area contributed by atoms with E-state index in [0.29, 0.717) is 17.9 Å². The molecule has 14 nitrogen and oxygen atoms in total. The molecule has 3 atom stereocenters. The summed E-state index contributed by atoms with van der Waals surface area (Å²) in [5.41, 5.74) is -0.820. The number of carbonyl (C=O) groups excluding carboxylic acids is 2. The second kappa shape index (κ2) is 16.3. The van der Waals surface area contributed by atoms with Gasteiger partial charge in [-0.1, -0.05) is 53.4 Å². The molecular weight excluding hydrogens is 618 g/mol. The molecule has 0 aromatic carbocycles. The quantitative estimate of drug-likeness (QED) is 0.106. The summed E-state index contributed by atoms with van der Waals surface area (Å²) < 4.78 is 37.6. The van der Waals surface area contributed by atoms with E-state index in [2.05, 4.69) is 32.0 Å². The number of quaternary nitrogens is 1. The van der Waals surface area contributed by atoms with E-state index in [4.69, 9.17) is 4.84 Å². The normalized spacial score (nSPS) is 21.5. The van der Waals surface area contributed by atoms with Crippen molar-refractivity contribution in [3.05, 3.63) is 0 Å². The molecule has 3 aliphatic heterocycles. The summed E-state index contributed by atoms with van der Waals surface area (Å²) >= 11 is 0. The lowest BCUT2D eigenvalue weighted by atomic mass is 9.88. The molecule has 0 aromatic heterocycles. The summed E-state index contributed by atoms with van der Waals surface area (Å²) in [4.78, 5) is 48.1. The smallest absolute Gasteiger partial charge is 0.418 e. The molecule has 3 saturated heterocycles. The number of hydrogen-bond donors (Lipinski definition) is 2. The Morgan fingerprint density at radius 2 is 1.54 bits per heavy atom. The molecule has 0 saturated carbocycles. The van der Waals surface area contributed by atoms with Crippen LogP contribution < -0.4 is 0 Å². The van der Waals surface area contributed by atoms with Gasteiger partial charge in [-0.3, -0.25) is 14.2 Å². The first kappa shape index (κ1) is 38.2. The minimum absolute atomic E-state index is 0.0682. The SMILES string of the molecule is CCCC[N+](CCCC)(CCCC)C(CCC)CC(C)(C)N(OC1CN(C(=O)O)C1)C(=O)[C@@H]1CC[C@@H]2CN1C(=O)N2OS(=O)(=O)O. The fourth-order valence-corrected chi connectivity index (χ4v) is 7.78. The zero-order valence-electron chi connectivity index (χ0n) is 28.7. The van der Waals surface area contributed by atoms with Crippen molar-refractivity contribution >= 4 is 28.4 Å². The average Bonchev–Trinajstić information content (AvgIpc) is 3.18. The molecule has 3 rings (SSSR count). The number of hydrogen-bond acceptors (Lipinski definition) is 7. The van der Waals surface area contributed by atoms with Crippen LogP contribution in [0.15, 0.2) is 0 Å². The van der Waals surface area contributed by atoms with Crippen LogP contribution in [0.25, 0.3) is 0 Å². The molecule has 2 bridgehead atoms. The first-order valence-electron chi connectivity index (χ1n) is 17.2. The molecule has 0 spiro atoms. The Balaban J connectivity index is 1.95. The molecule has 0 aliphatic carbocycles. The first-order chi connectivity index (χ1) is 21.6. The van der Waals surface area contributed by atoms with Gasteiger partial charge in [-0.25, -0.2) is 14.7 Å². The van der Waals surface area contributed by atoms with Gasteiger partial charge in [0.1, 0.15) is 12.1 Å². The number of carboxylic acid groups (broad SMARTS) is 1. The number of piperidine rings is 1. The van der Waals surface area contributed by atoms with Gasteiger partial charge in [-0.2, -0.15) is 13.5 Å². The lowest BCUT2D eigenvalue weighted by molar-refractivity contribution is -0.953. The Morgan fingerprint density at radius 1 is 0.978 bits per heavy atom. The van der Waals surface area contributed by atoms with Gasteiger partial charge >= 0.3 is 22.5 Å². The van der Waals surface area contributed by atoms with Crippen LogP contribution in [0, 0.1) is 0 Å². The second-order valence-electron chi connectivity index (χ2n) is 14.0. The summed E-state index contributed by atoms with van der Waals surface area (Å²) in [6, 6.07) is -2.12. The highest BCUT2D eigenvalue weighted by atomic mass is 32.3. The van der Waals surface area contributed by atoms with Crippen LogP contribution in [0.2, 0.25) is 0 Å². The van der Waals surface area contributed by atoms with Gasteiger partial charge < -0.3 is 19.4 Å². The molecule has 0 radical (unpaired) electrons. The van der Waals surface area contributed by atoms with Crippen LogP contribution in [-0.4, -0.2) is 130 Å². The first-order valence-corrected chi connectivity index (χ1v) is 18.6. The molecule has 3 aliphatic rings. The summed E-state index contributed by atoms with van der Waals surface area (Å²) in [5.74, 6) is -0.427. The number of carbonyl (C=O) groups is 3. The van der Waals surface area contributed by atoms with Crippen molar-refractivity contribution in [2.24, 2.45) is 0 Å². The number of unbranched alkanes of at least 4 members (excludes halogenated alkanes) is 3. The maximum absolute atomic E-state index is 14.5. The van der Waals surface area contributed by atoms with Crippen molar-refractivity contribution in [3.63, 3.8) is 0 Å². The highest BCUT2D eigenvalue weighted by Crippen LogP contribution is 2.37. The third kappa shape index (κ3) is 9.24. The summed E-state index contributed by atoms with van der Waals surface area (Å²) in [6.07, 6.45) is 8.24. The van der Waals surface area contributed by atoms with Crippen molar-refractivity contribution in [1.82, 2.24) is 19.9 Å². The van der Waals surface area contributed by atoms with E-state index in [1.54, 1.807) is 0 Å². The van der Waals surface area contributed by atoms with Crippen LogP contribution in [0.5, 0.6) is 0 Å². The summed E-state index contributed by atoms with van der Waals surface area (Å²) in [5, 5.41) is 11.4.